The van der Waals surface area contributed by atoms with E-state index in [-0.39, 0.29) is 23.9 Å². The van der Waals surface area contributed by atoms with E-state index in [0.717, 1.165) is 87.5 Å². The topological polar surface area (TPSA) is 175 Å². The summed E-state index contributed by atoms with van der Waals surface area (Å²) in [5, 5.41) is 2.08. The number of ether oxygens (including phenoxy) is 4. The van der Waals surface area contributed by atoms with Crippen LogP contribution in [-0.2, 0) is 36.7 Å². The molecule has 2 amide bonds. The Labute approximate surface area is 407 Å². The van der Waals surface area contributed by atoms with Crippen LogP contribution in [0.2, 0.25) is 0 Å². The number of likely N-dealkylation sites (tertiary alicyclic amines) is 2. The normalized spacial score (nSPS) is 20.0. The predicted octanol–water partition coefficient (Wildman–Crippen LogP) is 7.31. The van der Waals surface area contributed by atoms with Gasteiger partial charge in [-0.3, -0.25) is 9.59 Å². The van der Waals surface area contributed by atoms with Gasteiger partial charge in [0, 0.05) is 107 Å². The van der Waals surface area contributed by atoms with E-state index < -0.39 is 0 Å². The molecular weight excluding hydrogens is 887 g/mol. The minimum absolute atomic E-state index is 0.00450. The Morgan fingerprint density at radius 1 is 0.657 bits per heavy atom. The Kier molecular flexibility index (Phi) is 12.8. The average Bonchev–Trinajstić information content (AvgIpc) is 4.24. The fraction of sp³-hybridized carbons (Fsp3) is 0.434. The Bertz CT molecular complexity index is 3070. The molecule has 1 unspecified atom stereocenters. The molecule has 2 bridgehead atoms. The second-order valence-corrected chi connectivity index (χ2v) is 19.1. The predicted molar refractivity (Wildman–Crippen MR) is 270 cm³/mol. The van der Waals surface area contributed by atoms with Gasteiger partial charge < -0.3 is 52.7 Å². The van der Waals surface area contributed by atoms with Crippen molar-refractivity contribution in [3.63, 3.8) is 0 Å². The summed E-state index contributed by atoms with van der Waals surface area (Å²) in [7, 11) is 10.6. The molecule has 8 aromatic rings. The number of carbonyl (C=O) groups excluding carboxylic acids is 2. The number of nitrogens with zero attached hydrogens (tertiary/aromatic N) is 10. The highest BCUT2D eigenvalue weighted by atomic mass is 16.5. The fourth-order valence-electron chi connectivity index (χ4n) is 11.3. The maximum Gasteiger partial charge on any atom is 0.254 e. The highest BCUT2D eigenvalue weighted by Crippen LogP contribution is 2.44. The minimum Gasteiger partial charge on any atom is -0.494 e. The highest BCUT2D eigenvalue weighted by Gasteiger charge is 2.46. The third-order valence-corrected chi connectivity index (χ3v) is 15.1. The zero-order chi connectivity index (χ0) is 49.0. The molecular formula is C53H63N11O6. The van der Waals surface area contributed by atoms with Crippen LogP contribution in [0.15, 0.2) is 73.1 Å². The molecule has 8 heterocycles. The van der Waals surface area contributed by atoms with Gasteiger partial charge in [0.15, 0.2) is 11.6 Å². The number of aryl methyl sites for hydroxylation is 2. The van der Waals surface area contributed by atoms with Crippen LogP contribution < -0.4 is 15.2 Å². The fourth-order valence-corrected chi connectivity index (χ4v) is 11.3. The van der Waals surface area contributed by atoms with Gasteiger partial charge in [-0.25, -0.2) is 19.9 Å². The third kappa shape index (κ3) is 8.12. The van der Waals surface area contributed by atoms with Crippen LogP contribution >= 0.6 is 0 Å². The van der Waals surface area contributed by atoms with Crippen molar-refractivity contribution in [2.75, 3.05) is 54.7 Å². The maximum absolute atomic E-state index is 13.6. The Morgan fingerprint density at radius 3 is 1.63 bits per heavy atom. The molecule has 2 N–H and O–H groups in total. The van der Waals surface area contributed by atoms with Crippen molar-refractivity contribution < 1.29 is 28.5 Å². The van der Waals surface area contributed by atoms with Crippen LogP contribution in [0.25, 0.3) is 67.2 Å². The quantitative estimate of drug-likeness (QED) is 0.130. The number of pyridine rings is 2. The summed E-state index contributed by atoms with van der Waals surface area (Å²) >= 11 is 0. The van der Waals surface area contributed by atoms with Crippen LogP contribution in [0, 0.1) is 11.8 Å². The molecule has 2 aliphatic heterocycles. The number of methoxy groups -OCH3 is 4. The van der Waals surface area contributed by atoms with Crippen LogP contribution in [-0.4, -0.2) is 133 Å². The third-order valence-electron chi connectivity index (χ3n) is 15.1. The molecule has 5 atom stereocenters. The van der Waals surface area contributed by atoms with Gasteiger partial charge in [0.05, 0.1) is 49.9 Å². The van der Waals surface area contributed by atoms with Crippen LogP contribution in [0.3, 0.4) is 0 Å². The van der Waals surface area contributed by atoms with Gasteiger partial charge >= 0.3 is 0 Å². The first-order chi connectivity index (χ1) is 33.9. The van der Waals surface area contributed by atoms with Crippen molar-refractivity contribution in [3.8, 4) is 34.5 Å². The number of imidazole rings is 2. The summed E-state index contributed by atoms with van der Waals surface area (Å²) in [5.74, 6) is 4.07. The number of aromatic nitrogens is 8. The molecule has 17 heteroatoms. The number of rotatable bonds is 12. The number of carbonyl (C=O) groups is 2. The minimum atomic E-state index is -0.0431. The smallest absolute Gasteiger partial charge is 0.254 e. The maximum atomic E-state index is 13.6. The number of amides is 2. The molecule has 0 radical (unpaired) electrons. The number of hydrogen-bond acceptors (Lipinski definition) is 11. The van der Waals surface area contributed by atoms with E-state index in [1.165, 1.54) is 6.42 Å². The van der Waals surface area contributed by atoms with Crippen LogP contribution in [0.1, 0.15) is 60.2 Å². The number of hydrogen-bond donors (Lipinski definition) is 1. The van der Waals surface area contributed by atoms with Gasteiger partial charge in [-0.15, -0.1) is 0 Å². The highest BCUT2D eigenvalue weighted by molar-refractivity contribution is 6.01. The average molecular weight is 950 g/mol. The molecule has 6 aromatic heterocycles. The summed E-state index contributed by atoms with van der Waals surface area (Å²) in [5.41, 5.74) is 14.2. The Morgan fingerprint density at radius 2 is 1.17 bits per heavy atom. The van der Waals surface area contributed by atoms with E-state index >= 15 is 0 Å². The summed E-state index contributed by atoms with van der Waals surface area (Å²) in [6, 6.07) is 20.1. The molecule has 11 rings (SSSR count). The number of piperidine rings is 2. The van der Waals surface area contributed by atoms with Crippen LogP contribution in [0.4, 0.5) is 0 Å². The number of benzene rings is 2. The van der Waals surface area contributed by atoms with Crippen molar-refractivity contribution in [1.29, 1.82) is 0 Å². The summed E-state index contributed by atoms with van der Waals surface area (Å²) in [6.07, 6.45) is 7.76. The van der Waals surface area contributed by atoms with Crippen molar-refractivity contribution in [2.45, 2.75) is 70.7 Å². The first-order valence-corrected chi connectivity index (χ1v) is 24.3. The van der Waals surface area contributed by atoms with Gasteiger partial charge in [-0.1, -0.05) is 6.92 Å². The second-order valence-electron chi connectivity index (χ2n) is 19.1. The molecule has 0 spiro atoms. The second kappa shape index (κ2) is 19.2. The van der Waals surface area contributed by atoms with Crippen molar-refractivity contribution in [2.24, 2.45) is 31.7 Å². The summed E-state index contributed by atoms with van der Waals surface area (Å²) in [6.45, 7) is 8.18. The molecule has 70 heavy (non-hydrogen) atoms. The number of nitrogens with two attached hydrogens (primary N) is 1. The SMILES string of the molecule is COCCn1c(-c2nc3cc(C(=O)N4C[C@H](N)CC[C@@H]4C)cc(OC)c3n2C)cc2cccnc21.COCCn1c(-c2nc3cc(C(=O)N4C[C@H]5CC[C@@H]4C5C)cc(OC)c3n2C)cc2cccnc21. The monoisotopic (exact) mass is 949 g/mol. The zero-order valence-corrected chi connectivity index (χ0v) is 41.4. The van der Waals surface area contributed by atoms with Gasteiger partial charge in [-0.05, 0) is 105 Å². The van der Waals surface area contributed by atoms with E-state index in [2.05, 4.69) is 56.0 Å². The molecule has 366 valence electrons. The van der Waals surface area contributed by atoms with E-state index in [1.54, 1.807) is 40.8 Å². The van der Waals surface area contributed by atoms with Gasteiger partial charge in [-0.2, -0.15) is 0 Å². The number of fused-ring (bicyclic) bond motifs is 6. The molecule has 3 aliphatic rings. The largest absolute Gasteiger partial charge is 0.494 e. The Balaban J connectivity index is 0.000000162. The molecule has 2 aromatic carbocycles. The molecule has 2 saturated heterocycles. The van der Waals surface area contributed by atoms with E-state index in [9.17, 15) is 9.59 Å². The van der Waals surface area contributed by atoms with Crippen molar-refractivity contribution in [1.82, 2.24) is 48.0 Å². The molecule has 17 nitrogen and oxygen atoms in total. The van der Waals surface area contributed by atoms with E-state index in [4.69, 9.17) is 34.6 Å². The lowest BCUT2D eigenvalue weighted by Crippen LogP contribution is -2.50. The van der Waals surface area contributed by atoms with Crippen molar-refractivity contribution >= 4 is 55.9 Å². The van der Waals surface area contributed by atoms with Gasteiger partial charge in [0.25, 0.3) is 11.8 Å². The zero-order valence-electron chi connectivity index (χ0n) is 41.4. The lowest BCUT2D eigenvalue weighted by atomic mass is 9.99. The van der Waals surface area contributed by atoms with E-state index in [0.29, 0.717) is 78.9 Å². The first-order valence-electron chi connectivity index (χ1n) is 24.3. The van der Waals surface area contributed by atoms with E-state index in [1.807, 2.05) is 70.6 Å². The molecule has 1 aliphatic carbocycles. The molecule has 1 saturated carbocycles. The summed E-state index contributed by atoms with van der Waals surface area (Å²) in [4.78, 5) is 50.1. The van der Waals surface area contributed by atoms with Crippen molar-refractivity contribution in [3.05, 3.63) is 84.2 Å². The van der Waals surface area contributed by atoms with Crippen LogP contribution in [0.5, 0.6) is 11.5 Å². The summed E-state index contributed by atoms with van der Waals surface area (Å²) < 4.78 is 30.5. The standard InChI is InChI=1S/C27H31N5O3.C26H32N6O3/c1-16-18-7-8-21(16)32(15-18)27(33)19-12-20-24(23(14-19)35-4)30(2)26(29-20)22-13-17-6-5-9-28-25(17)31(22)10-11-34-3;1-16-7-8-19(27)15-32(16)26(33)18-12-20-23(22(14-18)35-4)30(2)25(29-20)21-13-17-6-5-9-28-24(17)31(21)10-11-34-3/h5-6,9,12-14,16,18,21H,7-8,10-11,15H2,1-4H3;5-6,9,12-14,16,19H,7-8,10-11,15,27H2,1-4H3/t16?,18-,21-;16-,19+/m10/s1. The van der Waals surface area contributed by atoms with Gasteiger partial charge in [0.2, 0.25) is 0 Å². The first kappa shape index (κ1) is 46.9. The van der Waals surface area contributed by atoms with Gasteiger partial charge in [0.1, 0.15) is 33.8 Å². The Hall–Kier alpha value is -6.82. The lowest BCUT2D eigenvalue weighted by molar-refractivity contribution is 0.0612. The lowest BCUT2D eigenvalue weighted by Gasteiger charge is -2.36. The molecule has 3 fully saturated rings.